The van der Waals surface area contributed by atoms with Crippen LogP contribution in [-0.2, 0) is 4.74 Å². The van der Waals surface area contributed by atoms with Crippen molar-refractivity contribution < 1.29 is 4.74 Å². The molecular formula is C13H25NO. The van der Waals surface area contributed by atoms with Crippen LogP contribution in [0.4, 0.5) is 0 Å². The molecule has 2 rings (SSSR count). The first-order valence-corrected chi connectivity index (χ1v) is 6.34. The fourth-order valence-corrected chi connectivity index (χ4v) is 3.41. The van der Waals surface area contributed by atoms with Crippen LogP contribution in [0.3, 0.4) is 0 Å². The van der Waals surface area contributed by atoms with Crippen molar-refractivity contribution in [2.45, 2.75) is 70.6 Å². The molecule has 2 saturated heterocycles. The summed E-state index contributed by atoms with van der Waals surface area (Å²) in [5.74, 6) is 0. The molecule has 0 bridgehead atoms. The Kier molecular flexibility index (Phi) is 2.85. The Morgan fingerprint density at radius 3 is 2.47 bits per heavy atom. The summed E-state index contributed by atoms with van der Waals surface area (Å²) in [6.07, 6.45) is 5.01. The molecule has 1 spiro atoms. The van der Waals surface area contributed by atoms with Gasteiger partial charge in [0, 0.05) is 24.7 Å². The number of likely N-dealkylation sites (tertiary alicyclic amines) is 1. The van der Waals surface area contributed by atoms with Crippen LogP contribution < -0.4 is 0 Å². The number of ether oxygens (including phenoxy) is 1. The smallest absolute Gasteiger partial charge is 0.0710 e. The highest BCUT2D eigenvalue weighted by Crippen LogP contribution is 2.40. The van der Waals surface area contributed by atoms with Gasteiger partial charge in [-0.05, 0) is 53.4 Å². The molecule has 0 aromatic carbocycles. The Morgan fingerprint density at radius 1 is 1.27 bits per heavy atom. The summed E-state index contributed by atoms with van der Waals surface area (Å²) in [7, 11) is 0. The molecule has 0 N–H and O–H groups in total. The molecule has 15 heavy (non-hydrogen) atoms. The van der Waals surface area contributed by atoms with E-state index in [0.717, 1.165) is 6.61 Å². The molecule has 0 saturated carbocycles. The maximum absolute atomic E-state index is 5.99. The molecule has 0 amide bonds. The van der Waals surface area contributed by atoms with E-state index in [1.807, 2.05) is 0 Å². The molecule has 2 fully saturated rings. The van der Waals surface area contributed by atoms with Gasteiger partial charge < -0.3 is 4.74 Å². The SMILES string of the molecule is C[C@@H]1C[C@@]2(CCCO2)CCN1C(C)(C)C. The molecule has 2 aliphatic rings. The molecule has 88 valence electrons. The average Bonchev–Trinajstić information content (AvgIpc) is 2.50. The van der Waals surface area contributed by atoms with Crippen molar-refractivity contribution in [2.75, 3.05) is 13.2 Å². The molecule has 2 heterocycles. The van der Waals surface area contributed by atoms with Gasteiger partial charge in [-0.2, -0.15) is 0 Å². The summed E-state index contributed by atoms with van der Waals surface area (Å²) in [6, 6.07) is 0.664. The third-order valence-electron chi connectivity index (χ3n) is 4.05. The van der Waals surface area contributed by atoms with E-state index < -0.39 is 0 Å². The molecule has 0 aromatic rings. The molecule has 0 radical (unpaired) electrons. The lowest BCUT2D eigenvalue weighted by Crippen LogP contribution is -2.55. The summed E-state index contributed by atoms with van der Waals surface area (Å²) in [6.45, 7) is 11.5. The second kappa shape index (κ2) is 3.74. The van der Waals surface area contributed by atoms with Crippen molar-refractivity contribution in [1.82, 2.24) is 4.90 Å². The van der Waals surface area contributed by atoms with E-state index in [0.29, 0.717) is 11.6 Å². The standard InChI is InChI=1S/C13H25NO/c1-11-10-13(6-5-9-15-13)7-8-14(11)12(2,3)4/h11H,5-10H2,1-4H3/t11-,13-/m1/s1. The predicted octanol–water partition coefficient (Wildman–Crippen LogP) is 2.82. The fourth-order valence-electron chi connectivity index (χ4n) is 3.41. The number of nitrogens with zero attached hydrogens (tertiary/aromatic N) is 1. The van der Waals surface area contributed by atoms with Crippen LogP contribution in [0.25, 0.3) is 0 Å². The van der Waals surface area contributed by atoms with Gasteiger partial charge in [0.05, 0.1) is 5.60 Å². The zero-order valence-electron chi connectivity index (χ0n) is 10.7. The monoisotopic (exact) mass is 211 g/mol. The van der Waals surface area contributed by atoms with Crippen LogP contribution in [0.15, 0.2) is 0 Å². The van der Waals surface area contributed by atoms with Crippen molar-refractivity contribution >= 4 is 0 Å². The highest BCUT2D eigenvalue weighted by atomic mass is 16.5. The fraction of sp³-hybridized carbons (Fsp3) is 1.00. The quantitative estimate of drug-likeness (QED) is 0.611. The summed E-state index contributed by atoms with van der Waals surface area (Å²) >= 11 is 0. The molecule has 0 aromatic heterocycles. The minimum atomic E-state index is 0.251. The lowest BCUT2D eigenvalue weighted by atomic mass is 9.82. The van der Waals surface area contributed by atoms with E-state index in [1.54, 1.807) is 0 Å². The van der Waals surface area contributed by atoms with Crippen molar-refractivity contribution in [1.29, 1.82) is 0 Å². The molecule has 2 heteroatoms. The van der Waals surface area contributed by atoms with Crippen LogP contribution in [0, 0.1) is 0 Å². The van der Waals surface area contributed by atoms with E-state index in [4.69, 9.17) is 4.74 Å². The molecule has 0 aliphatic carbocycles. The number of rotatable bonds is 0. The van der Waals surface area contributed by atoms with Crippen LogP contribution in [-0.4, -0.2) is 35.2 Å². The van der Waals surface area contributed by atoms with Crippen LogP contribution >= 0.6 is 0 Å². The summed E-state index contributed by atoms with van der Waals surface area (Å²) in [5.41, 5.74) is 0.556. The van der Waals surface area contributed by atoms with Crippen molar-refractivity contribution in [3.8, 4) is 0 Å². The summed E-state index contributed by atoms with van der Waals surface area (Å²) in [4.78, 5) is 2.62. The Bertz CT molecular complexity index is 225. The van der Waals surface area contributed by atoms with Crippen LogP contribution in [0.2, 0.25) is 0 Å². The Labute approximate surface area is 94.0 Å². The Morgan fingerprint density at radius 2 is 2.00 bits per heavy atom. The van der Waals surface area contributed by atoms with Gasteiger partial charge in [-0.3, -0.25) is 4.90 Å². The van der Waals surface area contributed by atoms with Crippen LogP contribution in [0.1, 0.15) is 53.4 Å². The van der Waals surface area contributed by atoms with Gasteiger partial charge in [-0.1, -0.05) is 0 Å². The van der Waals surface area contributed by atoms with E-state index in [-0.39, 0.29) is 5.60 Å². The van der Waals surface area contributed by atoms with Gasteiger partial charge in [-0.15, -0.1) is 0 Å². The third-order valence-corrected chi connectivity index (χ3v) is 4.05. The topological polar surface area (TPSA) is 12.5 Å². The Hall–Kier alpha value is -0.0800. The lowest BCUT2D eigenvalue weighted by molar-refractivity contribution is -0.0807. The molecule has 2 nitrogen and oxygen atoms in total. The van der Waals surface area contributed by atoms with E-state index in [9.17, 15) is 0 Å². The van der Waals surface area contributed by atoms with E-state index >= 15 is 0 Å². The second-order valence-electron chi connectivity index (χ2n) is 6.30. The minimum absolute atomic E-state index is 0.251. The van der Waals surface area contributed by atoms with Crippen molar-refractivity contribution in [3.63, 3.8) is 0 Å². The largest absolute Gasteiger partial charge is 0.375 e. The van der Waals surface area contributed by atoms with Gasteiger partial charge in [0.25, 0.3) is 0 Å². The van der Waals surface area contributed by atoms with Crippen LogP contribution in [0.5, 0.6) is 0 Å². The maximum Gasteiger partial charge on any atom is 0.0710 e. The number of hydrogen-bond acceptors (Lipinski definition) is 2. The summed E-state index contributed by atoms with van der Waals surface area (Å²) in [5, 5.41) is 0. The summed E-state index contributed by atoms with van der Waals surface area (Å²) < 4.78 is 5.99. The Balaban J connectivity index is 2.02. The van der Waals surface area contributed by atoms with Gasteiger partial charge in [-0.25, -0.2) is 0 Å². The normalized spacial score (nSPS) is 38.8. The zero-order chi connectivity index (χ0) is 11.1. The molecular weight excluding hydrogens is 186 g/mol. The first-order chi connectivity index (χ1) is 6.93. The number of piperidine rings is 1. The first-order valence-electron chi connectivity index (χ1n) is 6.34. The van der Waals surface area contributed by atoms with Crippen molar-refractivity contribution in [3.05, 3.63) is 0 Å². The highest BCUT2D eigenvalue weighted by Gasteiger charge is 2.43. The zero-order valence-corrected chi connectivity index (χ0v) is 10.7. The van der Waals surface area contributed by atoms with Gasteiger partial charge in [0.15, 0.2) is 0 Å². The van der Waals surface area contributed by atoms with E-state index in [2.05, 4.69) is 32.6 Å². The van der Waals surface area contributed by atoms with E-state index in [1.165, 1.54) is 32.2 Å². The lowest BCUT2D eigenvalue weighted by Gasteiger charge is -2.49. The maximum atomic E-state index is 5.99. The molecule has 2 atom stereocenters. The molecule has 2 aliphatic heterocycles. The number of hydrogen-bond donors (Lipinski definition) is 0. The first kappa shape index (κ1) is 11.4. The highest BCUT2D eigenvalue weighted by molar-refractivity contribution is 4.97. The molecule has 0 unspecified atom stereocenters. The third kappa shape index (κ3) is 2.21. The van der Waals surface area contributed by atoms with Gasteiger partial charge in [0.1, 0.15) is 0 Å². The van der Waals surface area contributed by atoms with Gasteiger partial charge in [0.2, 0.25) is 0 Å². The van der Waals surface area contributed by atoms with Crippen molar-refractivity contribution in [2.24, 2.45) is 0 Å². The average molecular weight is 211 g/mol. The predicted molar refractivity (Wildman–Crippen MR) is 63.1 cm³/mol. The van der Waals surface area contributed by atoms with Gasteiger partial charge >= 0.3 is 0 Å². The minimum Gasteiger partial charge on any atom is -0.375 e. The second-order valence-corrected chi connectivity index (χ2v) is 6.30.